The van der Waals surface area contributed by atoms with Crippen LogP contribution in [-0.2, 0) is 4.79 Å². The average molecular weight is 302 g/mol. The number of fused-ring (bicyclic) bond motifs is 2. The number of amides is 1. The Labute approximate surface area is 132 Å². The highest BCUT2D eigenvalue weighted by Crippen LogP contribution is 2.42. The van der Waals surface area contributed by atoms with Gasteiger partial charge >= 0.3 is 0 Å². The monoisotopic (exact) mass is 302 g/mol. The van der Waals surface area contributed by atoms with E-state index in [2.05, 4.69) is 10.3 Å². The van der Waals surface area contributed by atoms with Crippen molar-refractivity contribution in [1.82, 2.24) is 4.98 Å². The Balaban J connectivity index is 1.62. The first-order valence-corrected chi connectivity index (χ1v) is 8.24. The molecule has 0 aromatic carbocycles. The van der Waals surface area contributed by atoms with E-state index in [0.717, 1.165) is 18.5 Å². The normalized spacial score (nSPS) is 30.7. The Kier molecular flexibility index (Phi) is 4.34. The fourth-order valence-electron chi connectivity index (χ4n) is 3.96. The molecular formula is C17H26N4O. The van der Waals surface area contributed by atoms with Gasteiger partial charge in [-0.25, -0.2) is 4.98 Å². The zero-order valence-electron chi connectivity index (χ0n) is 13.5. The van der Waals surface area contributed by atoms with Crippen molar-refractivity contribution in [2.45, 2.75) is 38.1 Å². The molecular weight excluding hydrogens is 276 g/mol. The van der Waals surface area contributed by atoms with Gasteiger partial charge in [0.15, 0.2) is 0 Å². The number of carbonyl (C=O) groups is 1. The number of anilines is 2. The van der Waals surface area contributed by atoms with Gasteiger partial charge in [-0.05, 0) is 49.7 Å². The molecule has 2 aliphatic rings. The van der Waals surface area contributed by atoms with E-state index in [1.807, 2.05) is 31.1 Å². The maximum absolute atomic E-state index is 12.5. The van der Waals surface area contributed by atoms with Crippen LogP contribution in [0.3, 0.4) is 0 Å². The molecule has 5 heteroatoms. The van der Waals surface area contributed by atoms with E-state index in [0.29, 0.717) is 23.7 Å². The number of hydrogen-bond acceptors (Lipinski definition) is 4. The van der Waals surface area contributed by atoms with Crippen molar-refractivity contribution in [1.29, 1.82) is 0 Å². The zero-order chi connectivity index (χ0) is 15.7. The van der Waals surface area contributed by atoms with Gasteiger partial charge < -0.3 is 16.0 Å². The summed E-state index contributed by atoms with van der Waals surface area (Å²) in [6.45, 7) is 0. The van der Waals surface area contributed by atoms with Crippen LogP contribution in [0, 0.1) is 17.8 Å². The molecule has 2 aliphatic carbocycles. The number of pyridine rings is 1. The average Bonchev–Trinajstić information content (AvgIpc) is 2.47. The number of nitrogens with zero attached hydrogens (tertiary/aromatic N) is 2. The first-order chi connectivity index (χ1) is 10.5. The molecule has 0 aliphatic heterocycles. The van der Waals surface area contributed by atoms with E-state index in [-0.39, 0.29) is 11.8 Å². The molecule has 1 aromatic heterocycles. The number of aromatic nitrogens is 1. The lowest BCUT2D eigenvalue weighted by molar-refractivity contribution is -0.122. The second kappa shape index (κ2) is 6.24. The first kappa shape index (κ1) is 15.3. The minimum atomic E-state index is 0.0884. The maximum Gasteiger partial charge on any atom is 0.228 e. The third-order valence-corrected chi connectivity index (χ3v) is 5.30. The molecule has 2 bridgehead atoms. The number of hydrogen-bond donors (Lipinski definition) is 2. The molecule has 1 heterocycles. The Morgan fingerprint density at radius 2 is 1.95 bits per heavy atom. The summed E-state index contributed by atoms with van der Waals surface area (Å²) in [4.78, 5) is 18.8. The van der Waals surface area contributed by atoms with Crippen molar-refractivity contribution >= 4 is 17.4 Å². The first-order valence-electron chi connectivity index (χ1n) is 8.24. The van der Waals surface area contributed by atoms with Crippen LogP contribution in [0.15, 0.2) is 18.3 Å². The number of nitrogens with one attached hydrogen (secondary N) is 1. The lowest BCUT2D eigenvalue weighted by Gasteiger charge is -2.43. The smallest absolute Gasteiger partial charge is 0.228 e. The summed E-state index contributed by atoms with van der Waals surface area (Å²) in [7, 11) is 3.94. The van der Waals surface area contributed by atoms with Gasteiger partial charge in [-0.1, -0.05) is 6.42 Å². The van der Waals surface area contributed by atoms with Gasteiger partial charge in [0.1, 0.15) is 5.82 Å². The second-order valence-corrected chi connectivity index (χ2v) is 6.98. The van der Waals surface area contributed by atoms with Crippen molar-refractivity contribution in [3.05, 3.63) is 18.3 Å². The topological polar surface area (TPSA) is 71.2 Å². The number of nitrogens with two attached hydrogens (primary N) is 1. The Morgan fingerprint density at radius 1 is 1.27 bits per heavy atom. The number of rotatable bonds is 3. The molecule has 0 spiro atoms. The van der Waals surface area contributed by atoms with E-state index in [1.54, 1.807) is 6.20 Å². The standard InChI is InChI=1S/C17H26N4O/c1-21(2)14-6-7-15(19-10-14)20-17(22)13-8-11-4-3-5-12(9-13)16(11)18/h6-7,10-13,16H,3-5,8-9,18H2,1-2H3,(H,19,20,22). The van der Waals surface area contributed by atoms with E-state index >= 15 is 0 Å². The summed E-state index contributed by atoms with van der Waals surface area (Å²) < 4.78 is 0. The highest BCUT2D eigenvalue weighted by molar-refractivity contribution is 5.91. The molecule has 22 heavy (non-hydrogen) atoms. The van der Waals surface area contributed by atoms with Crippen molar-refractivity contribution < 1.29 is 4.79 Å². The van der Waals surface area contributed by atoms with Crippen LogP contribution < -0.4 is 16.0 Å². The SMILES string of the molecule is CN(C)c1ccc(NC(=O)C2CC3CCCC(C2)C3N)nc1. The summed E-state index contributed by atoms with van der Waals surface area (Å²) in [6, 6.07) is 4.13. The minimum Gasteiger partial charge on any atom is -0.376 e. The zero-order valence-corrected chi connectivity index (χ0v) is 13.5. The van der Waals surface area contributed by atoms with Crippen LogP contribution in [0.5, 0.6) is 0 Å². The van der Waals surface area contributed by atoms with Crippen molar-refractivity contribution in [3.8, 4) is 0 Å². The summed E-state index contributed by atoms with van der Waals surface area (Å²) in [5, 5.41) is 2.97. The highest BCUT2D eigenvalue weighted by atomic mass is 16.1. The van der Waals surface area contributed by atoms with Crippen molar-refractivity contribution in [3.63, 3.8) is 0 Å². The van der Waals surface area contributed by atoms with Crippen LogP contribution in [0.25, 0.3) is 0 Å². The van der Waals surface area contributed by atoms with Gasteiger partial charge in [0, 0.05) is 26.1 Å². The summed E-state index contributed by atoms with van der Waals surface area (Å²) in [6.07, 6.45) is 7.26. The second-order valence-electron chi connectivity index (χ2n) is 6.98. The molecule has 0 radical (unpaired) electrons. The molecule has 0 saturated heterocycles. The fourth-order valence-corrected chi connectivity index (χ4v) is 3.96. The maximum atomic E-state index is 12.5. The third-order valence-electron chi connectivity index (χ3n) is 5.30. The van der Waals surface area contributed by atoms with E-state index in [1.165, 1.54) is 19.3 Å². The van der Waals surface area contributed by atoms with Gasteiger partial charge in [-0.15, -0.1) is 0 Å². The Bertz CT molecular complexity index is 514. The van der Waals surface area contributed by atoms with Crippen LogP contribution in [0.1, 0.15) is 32.1 Å². The lowest BCUT2D eigenvalue weighted by atomic mass is 9.65. The van der Waals surface area contributed by atoms with Crippen LogP contribution in [0.4, 0.5) is 11.5 Å². The van der Waals surface area contributed by atoms with E-state index in [9.17, 15) is 4.79 Å². The predicted octanol–water partition coefficient (Wildman–Crippen LogP) is 2.24. The van der Waals surface area contributed by atoms with Crippen LogP contribution in [0.2, 0.25) is 0 Å². The van der Waals surface area contributed by atoms with E-state index < -0.39 is 0 Å². The fraction of sp³-hybridized carbons (Fsp3) is 0.647. The quantitative estimate of drug-likeness (QED) is 0.898. The largest absolute Gasteiger partial charge is 0.376 e. The van der Waals surface area contributed by atoms with Gasteiger partial charge in [0.05, 0.1) is 11.9 Å². The molecule has 1 amide bonds. The van der Waals surface area contributed by atoms with E-state index in [4.69, 9.17) is 5.73 Å². The van der Waals surface area contributed by atoms with Gasteiger partial charge in [-0.2, -0.15) is 0 Å². The Hall–Kier alpha value is -1.62. The molecule has 5 nitrogen and oxygen atoms in total. The van der Waals surface area contributed by atoms with Crippen LogP contribution in [-0.4, -0.2) is 31.0 Å². The third kappa shape index (κ3) is 3.09. The lowest BCUT2D eigenvalue weighted by Crippen LogP contribution is -2.48. The predicted molar refractivity (Wildman–Crippen MR) is 88.7 cm³/mol. The van der Waals surface area contributed by atoms with Crippen molar-refractivity contribution in [2.24, 2.45) is 23.5 Å². The highest BCUT2D eigenvalue weighted by Gasteiger charge is 2.40. The summed E-state index contributed by atoms with van der Waals surface area (Å²) in [5.41, 5.74) is 7.32. The van der Waals surface area contributed by atoms with Gasteiger partial charge in [-0.3, -0.25) is 4.79 Å². The molecule has 2 unspecified atom stereocenters. The molecule has 2 atom stereocenters. The minimum absolute atomic E-state index is 0.0884. The van der Waals surface area contributed by atoms with Gasteiger partial charge in [0.2, 0.25) is 5.91 Å². The Morgan fingerprint density at radius 3 is 2.50 bits per heavy atom. The molecule has 1 aromatic rings. The molecule has 120 valence electrons. The van der Waals surface area contributed by atoms with Crippen molar-refractivity contribution in [2.75, 3.05) is 24.3 Å². The molecule has 2 fully saturated rings. The number of carbonyl (C=O) groups excluding carboxylic acids is 1. The summed E-state index contributed by atoms with van der Waals surface area (Å²) in [5.74, 6) is 1.87. The summed E-state index contributed by atoms with van der Waals surface area (Å²) >= 11 is 0. The molecule has 3 N–H and O–H groups in total. The van der Waals surface area contributed by atoms with Gasteiger partial charge in [0.25, 0.3) is 0 Å². The van der Waals surface area contributed by atoms with Crippen LogP contribution >= 0.6 is 0 Å². The molecule has 3 rings (SSSR count). The molecule has 2 saturated carbocycles.